The van der Waals surface area contributed by atoms with Gasteiger partial charge in [0, 0.05) is 6.04 Å². The molecule has 1 N–H and O–H groups in total. The van der Waals surface area contributed by atoms with Crippen molar-refractivity contribution in [2.24, 2.45) is 0 Å². The molecule has 21 heavy (non-hydrogen) atoms. The smallest absolute Gasteiger partial charge is 0.255 e. The fourth-order valence-electron chi connectivity index (χ4n) is 2.55. The maximum Gasteiger partial charge on any atom is 0.255 e. The summed E-state index contributed by atoms with van der Waals surface area (Å²) in [5, 5.41) is 2.88. The molecular weight excluding hydrogens is 294 g/mol. The van der Waals surface area contributed by atoms with E-state index >= 15 is 0 Å². The molecule has 0 unspecified atom stereocenters. The molecule has 6 nitrogen and oxygen atoms in total. The Morgan fingerprint density at radius 2 is 1.86 bits per heavy atom. The Morgan fingerprint density at radius 3 is 2.62 bits per heavy atom. The Hall–Kier alpha value is -1.76. The fourth-order valence-corrected chi connectivity index (χ4v) is 4.04. The van der Waals surface area contributed by atoms with Crippen LogP contribution < -0.4 is 14.8 Å². The molecule has 0 bridgehead atoms. The molecule has 3 rings (SSSR count). The number of fused-ring (bicyclic) bond motifs is 1. The molecule has 2 heterocycles. The van der Waals surface area contributed by atoms with E-state index < -0.39 is 9.84 Å². The monoisotopic (exact) mass is 311 g/mol. The highest BCUT2D eigenvalue weighted by Crippen LogP contribution is 2.33. The molecule has 2 aliphatic heterocycles. The van der Waals surface area contributed by atoms with Gasteiger partial charge in [0.05, 0.1) is 17.1 Å². The van der Waals surface area contributed by atoms with Gasteiger partial charge in [-0.2, -0.15) is 0 Å². The molecule has 0 aliphatic carbocycles. The third-order valence-electron chi connectivity index (χ3n) is 3.70. The van der Waals surface area contributed by atoms with Crippen molar-refractivity contribution in [3.05, 3.63) is 23.8 Å². The van der Waals surface area contributed by atoms with Gasteiger partial charge in [-0.1, -0.05) is 6.07 Å². The third kappa shape index (κ3) is 3.12. The lowest BCUT2D eigenvalue weighted by Crippen LogP contribution is -2.41. The van der Waals surface area contributed by atoms with Crippen LogP contribution in [0.3, 0.4) is 0 Å². The topological polar surface area (TPSA) is 81.7 Å². The van der Waals surface area contributed by atoms with Crippen molar-refractivity contribution >= 4 is 15.7 Å². The van der Waals surface area contributed by atoms with Crippen LogP contribution in [-0.4, -0.2) is 45.1 Å². The number of nitrogens with one attached hydrogen (secondary N) is 1. The highest BCUT2D eigenvalue weighted by Gasteiger charge is 2.27. The van der Waals surface area contributed by atoms with E-state index in [1.165, 1.54) is 0 Å². The highest BCUT2D eigenvalue weighted by atomic mass is 32.2. The zero-order valence-corrected chi connectivity index (χ0v) is 12.3. The molecule has 0 spiro atoms. The first-order valence-corrected chi connectivity index (χ1v) is 8.77. The summed E-state index contributed by atoms with van der Waals surface area (Å²) in [6.07, 6.45) is 0.918. The minimum Gasteiger partial charge on any atom is -0.486 e. The minimum atomic E-state index is -2.93. The van der Waals surface area contributed by atoms with Crippen molar-refractivity contribution in [2.75, 3.05) is 24.7 Å². The van der Waals surface area contributed by atoms with Gasteiger partial charge in [-0.3, -0.25) is 4.79 Å². The quantitative estimate of drug-likeness (QED) is 0.872. The first-order valence-electron chi connectivity index (χ1n) is 6.95. The van der Waals surface area contributed by atoms with Gasteiger partial charge in [0.25, 0.3) is 5.91 Å². The number of rotatable bonds is 2. The Balaban J connectivity index is 1.72. The lowest BCUT2D eigenvalue weighted by atomic mass is 10.1. The van der Waals surface area contributed by atoms with Crippen LogP contribution in [0.1, 0.15) is 23.2 Å². The van der Waals surface area contributed by atoms with Crippen LogP contribution in [0.2, 0.25) is 0 Å². The second-order valence-corrected chi connectivity index (χ2v) is 7.53. The number of carbonyl (C=O) groups is 1. The predicted octanol–water partition coefficient (Wildman–Crippen LogP) is 0.765. The van der Waals surface area contributed by atoms with Crippen LogP contribution in [0.4, 0.5) is 0 Å². The van der Waals surface area contributed by atoms with Gasteiger partial charge < -0.3 is 14.8 Å². The van der Waals surface area contributed by atoms with Crippen molar-refractivity contribution in [1.29, 1.82) is 0 Å². The average molecular weight is 311 g/mol. The van der Waals surface area contributed by atoms with Gasteiger partial charge in [0.2, 0.25) is 0 Å². The molecule has 7 heteroatoms. The zero-order chi connectivity index (χ0) is 14.9. The van der Waals surface area contributed by atoms with Crippen LogP contribution >= 0.6 is 0 Å². The Labute approximate surface area is 123 Å². The number of hydrogen-bond acceptors (Lipinski definition) is 5. The number of ether oxygens (including phenoxy) is 2. The summed E-state index contributed by atoms with van der Waals surface area (Å²) in [6.45, 7) is 0.886. The van der Waals surface area contributed by atoms with Crippen molar-refractivity contribution in [2.45, 2.75) is 18.9 Å². The maximum absolute atomic E-state index is 12.4. The van der Waals surface area contributed by atoms with Crippen LogP contribution in [0.25, 0.3) is 0 Å². The summed E-state index contributed by atoms with van der Waals surface area (Å²) in [7, 11) is -2.93. The van der Waals surface area contributed by atoms with Gasteiger partial charge in [0.1, 0.15) is 23.1 Å². The molecule has 1 aromatic rings. The summed E-state index contributed by atoms with van der Waals surface area (Å²) in [5.74, 6) is 1.04. The van der Waals surface area contributed by atoms with E-state index in [-0.39, 0.29) is 23.5 Å². The van der Waals surface area contributed by atoms with Gasteiger partial charge in [0.15, 0.2) is 11.5 Å². The molecule has 1 amide bonds. The largest absolute Gasteiger partial charge is 0.486 e. The number of benzene rings is 1. The Kier molecular flexibility index (Phi) is 3.75. The van der Waals surface area contributed by atoms with E-state index in [0.717, 1.165) is 0 Å². The molecule has 1 saturated heterocycles. The van der Waals surface area contributed by atoms with Gasteiger partial charge >= 0.3 is 0 Å². The standard InChI is InChI=1S/C14H17NO5S/c16-14(15-10-4-8-21(17,18)9-5-10)11-2-1-3-12-13(11)20-7-6-19-12/h1-3,10H,4-9H2,(H,15,16). The number of sulfone groups is 1. The molecule has 1 fully saturated rings. The number of carbonyl (C=O) groups excluding carboxylic acids is 1. The van der Waals surface area contributed by atoms with Crippen LogP contribution in [0.15, 0.2) is 18.2 Å². The fraction of sp³-hybridized carbons (Fsp3) is 0.500. The summed E-state index contributed by atoms with van der Waals surface area (Å²) < 4.78 is 33.8. The van der Waals surface area contributed by atoms with E-state index in [1.54, 1.807) is 18.2 Å². The second kappa shape index (κ2) is 5.55. The highest BCUT2D eigenvalue weighted by molar-refractivity contribution is 7.91. The van der Waals surface area contributed by atoms with E-state index in [0.29, 0.717) is 43.1 Å². The number of hydrogen-bond donors (Lipinski definition) is 1. The van der Waals surface area contributed by atoms with Gasteiger partial charge in [-0.15, -0.1) is 0 Å². The number of para-hydroxylation sites is 1. The first kappa shape index (κ1) is 14.2. The molecule has 0 radical (unpaired) electrons. The van der Waals surface area contributed by atoms with E-state index in [4.69, 9.17) is 9.47 Å². The Bertz CT molecular complexity index is 641. The van der Waals surface area contributed by atoms with Crippen LogP contribution in [0, 0.1) is 0 Å². The van der Waals surface area contributed by atoms with Crippen molar-refractivity contribution in [3.8, 4) is 11.5 Å². The SMILES string of the molecule is O=C(NC1CCS(=O)(=O)CC1)c1cccc2c1OCCO2. The third-order valence-corrected chi connectivity index (χ3v) is 5.42. The number of amides is 1. The lowest BCUT2D eigenvalue weighted by Gasteiger charge is -2.25. The van der Waals surface area contributed by atoms with E-state index in [9.17, 15) is 13.2 Å². The summed E-state index contributed by atoms with van der Waals surface area (Å²) in [5.41, 5.74) is 0.431. The average Bonchev–Trinajstić information content (AvgIpc) is 2.49. The molecule has 0 aromatic heterocycles. The molecular formula is C14H17NO5S. The zero-order valence-electron chi connectivity index (χ0n) is 11.5. The predicted molar refractivity (Wildman–Crippen MR) is 76.6 cm³/mol. The molecule has 1 aromatic carbocycles. The van der Waals surface area contributed by atoms with Crippen molar-refractivity contribution in [1.82, 2.24) is 5.32 Å². The maximum atomic E-state index is 12.4. The molecule has 0 atom stereocenters. The Morgan fingerprint density at radius 1 is 1.14 bits per heavy atom. The first-order chi connectivity index (χ1) is 10.1. The van der Waals surface area contributed by atoms with E-state index in [1.807, 2.05) is 0 Å². The summed E-state index contributed by atoms with van der Waals surface area (Å²) in [6, 6.07) is 5.08. The van der Waals surface area contributed by atoms with Gasteiger partial charge in [-0.25, -0.2) is 8.42 Å². The lowest BCUT2D eigenvalue weighted by molar-refractivity contribution is 0.0923. The minimum absolute atomic E-state index is 0.110. The van der Waals surface area contributed by atoms with Gasteiger partial charge in [-0.05, 0) is 25.0 Å². The summed E-state index contributed by atoms with van der Waals surface area (Å²) in [4.78, 5) is 12.4. The normalized spacial score (nSPS) is 20.8. The van der Waals surface area contributed by atoms with Crippen LogP contribution in [0.5, 0.6) is 11.5 Å². The molecule has 114 valence electrons. The van der Waals surface area contributed by atoms with Crippen molar-refractivity contribution < 1.29 is 22.7 Å². The summed E-state index contributed by atoms with van der Waals surface area (Å²) >= 11 is 0. The van der Waals surface area contributed by atoms with E-state index in [2.05, 4.69) is 5.32 Å². The van der Waals surface area contributed by atoms with Crippen molar-refractivity contribution in [3.63, 3.8) is 0 Å². The molecule has 0 saturated carbocycles. The van der Waals surface area contributed by atoms with Crippen LogP contribution in [-0.2, 0) is 9.84 Å². The second-order valence-electron chi connectivity index (χ2n) is 5.23. The molecule has 2 aliphatic rings.